The molecule has 0 aliphatic carbocycles. The highest BCUT2D eigenvalue weighted by molar-refractivity contribution is 5.73. The van der Waals surface area contributed by atoms with E-state index in [0.29, 0.717) is 24.7 Å². The van der Waals surface area contributed by atoms with Crippen molar-refractivity contribution in [1.82, 2.24) is 0 Å². The lowest BCUT2D eigenvalue weighted by molar-refractivity contribution is -0.138. The molecule has 0 amide bonds. The minimum Gasteiger partial charge on any atom is -0.490 e. The topological polar surface area (TPSA) is 81.8 Å². The number of rotatable bonds is 3. The average Bonchev–Trinajstić information content (AvgIpc) is 2.53. The minimum atomic E-state index is -1.00. The Balaban J connectivity index is 2.15. The Hall–Kier alpha value is -1.75. The Labute approximate surface area is 99.1 Å². The highest BCUT2D eigenvalue weighted by atomic mass is 16.5. The molecule has 92 valence electrons. The van der Waals surface area contributed by atoms with Gasteiger partial charge < -0.3 is 20.3 Å². The smallest absolute Gasteiger partial charge is 0.320 e. The first-order valence-corrected chi connectivity index (χ1v) is 5.54. The van der Waals surface area contributed by atoms with Crippen LogP contribution in [0.25, 0.3) is 0 Å². The third kappa shape index (κ3) is 2.88. The van der Waals surface area contributed by atoms with Crippen LogP contribution in [0.4, 0.5) is 0 Å². The lowest BCUT2D eigenvalue weighted by Crippen LogP contribution is -2.32. The van der Waals surface area contributed by atoms with E-state index in [0.717, 1.165) is 12.0 Å². The van der Waals surface area contributed by atoms with E-state index < -0.39 is 12.0 Å². The van der Waals surface area contributed by atoms with E-state index in [1.165, 1.54) is 0 Å². The summed E-state index contributed by atoms with van der Waals surface area (Å²) in [6, 6.07) is 4.52. The molecule has 1 atom stereocenters. The molecule has 2 rings (SSSR count). The predicted octanol–water partition coefficient (Wildman–Crippen LogP) is 0.802. The summed E-state index contributed by atoms with van der Waals surface area (Å²) in [5.74, 6) is 0.366. The molecule has 1 aliphatic rings. The van der Waals surface area contributed by atoms with E-state index in [4.69, 9.17) is 20.3 Å². The van der Waals surface area contributed by atoms with Gasteiger partial charge >= 0.3 is 5.97 Å². The molecule has 5 nitrogen and oxygen atoms in total. The zero-order valence-corrected chi connectivity index (χ0v) is 9.39. The molecule has 0 spiro atoms. The summed E-state index contributed by atoms with van der Waals surface area (Å²) >= 11 is 0. The van der Waals surface area contributed by atoms with E-state index >= 15 is 0 Å². The second-order valence-electron chi connectivity index (χ2n) is 3.98. The van der Waals surface area contributed by atoms with Crippen molar-refractivity contribution in [1.29, 1.82) is 0 Å². The molecule has 0 radical (unpaired) electrons. The molecule has 17 heavy (non-hydrogen) atoms. The van der Waals surface area contributed by atoms with Crippen LogP contribution >= 0.6 is 0 Å². The molecule has 1 aliphatic heterocycles. The van der Waals surface area contributed by atoms with Crippen LogP contribution in [0, 0.1) is 0 Å². The quantitative estimate of drug-likeness (QED) is 0.812. The van der Waals surface area contributed by atoms with Crippen molar-refractivity contribution in [2.45, 2.75) is 18.9 Å². The largest absolute Gasteiger partial charge is 0.490 e. The van der Waals surface area contributed by atoms with Gasteiger partial charge in [-0.3, -0.25) is 4.79 Å². The normalized spacial score (nSPS) is 16.1. The maximum Gasteiger partial charge on any atom is 0.320 e. The van der Waals surface area contributed by atoms with Gasteiger partial charge in [0.2, 0.25) is 0 Å². The maximum absolute atomic E-state index is 10.7. The lowest BCUT2D eigenvalue weighted by Gasteiger charge is -2.10. The average molecular weight is 237 g/mol. The Kier molecular flexibility index (Phi) is 3.49. The number of fused-ring (bicyclic) bond motifs is 1. The van der Waals surface area contributed by atoms with Crippen LogP contribution in [0.15, 0.2) is 18.2 Å². The molecule has 3 N–H and O–H groups in total. The summed E-state index contributed by atoms with van der Waals surface area (Å²) in [5.41, 5.74) is 6.32. The van der Waals surface area contributed by atoms with Crippen molar-refractivity contribution in [2.75, 3.05) is 13.2 Å². The second kappa shape index (κ2) is 5.05. The number of aliphatic carboxylic acids is 1. The number of carbonyl (C=O) groups is 1. The maximum atomic E-state index is 10.7. The Morgan fingerprint density at radius 3 is 2.76 bits per heavy atom. The summed E-state index contributed by atoms with van der Waals surface area (Å²) in [4.78, 5) is 10.7. The van der Waals surface area contributed by atoms with Crippen molar-refractivity contribution in [3.05, 3.63) is 23.8 Å². The highest BCUT2D eigenvalue weighted by Gasteiger charge is 2.15. The van der Waals surface area contributed by atoms with Crippen LogP contribution in [0.3, 0.4) is 0 Å². The van der Waals surface area contributed by atoms with Crippen LogP contribution in [-0.4, -0.2) is 30.3 Å². The van der Waals surface area contributed by atoms with Crippen LogP contribution in [0.1, 0.15) is 12.0 Å². The van der Waals surface area contributed by atoms with Crippen molar-refractivity contribution >= 4 is 5.97 Å². The molecule has 1 aromatic carbocycles. The number of nitrogens with two attached hydrogens (primary N) is 1. The molecule has 0 aromatic heterocycles. The van der Waals surface area contributed by atoms with Crippen LogP contribution in [-0.2, 0) is 11.2 Å². The summed E-state index contributed by atoms with van der Waals surface area (Å²) in [7, 11) is 0. The second-order valence-corrected chi connectivity index (χ2v) is 3.98. The molecule has 0 saturated carbocycles. The fraction of sp³-hybridized carbons (Fsp3) is 0.417. The zero-order valence-electron chi connectivity index (χ0n) is 9.39. The van der Waals surface area contributed by atoms with Gasteiger partial charge in [-0.1, -0.05) is 6.07 Å². The van der Waals surface area contributed by atoms with Crippen LogP contribution in [0.2, 0.25) is 0 Å². The predicted molar refractivity (Wildman–Crippen MR) is 61.4 cm³/mol. The van der Waals surface area contributed by atoms with Gasteiger partial charge in [0.1, 0.15) is 6.04 Å². The number of hydrogen-bond acceptors (Lipinski definition) is 4. The molecule has 0 bridgehead atoms. The molecule has 0 saturated heterocycles. The minimum absolute atomic E-state index is 0.284. The van der Waals surface area contributed by atoms with Gasteiger partial charge in [-0.25, -0.2) is 0 Å². The van der Waals surface area contributed by atoms with E-state index in [9.17, 15) is 4.79 Å². The molecule has 0 fully saturated rings. The number of hydrogen-bond donors (Lipinski definition) is 2. The molecule has 5 heteroatoms. The number of benzene rings is 1. The van der Waals surface area contributed by atoms with Gasteiger partial charge in [-0.2, -0.15) is 0 Å². The molecule has 1 unspecified atom stereocenters. The molecular weight excluding hydrogens is 222 g/mol. The molecule has 1 aromatic rings. The number of carboxylic acid groups (broad SMARTS) is 1. The highest BCUT2D eigenvalue weighted by Crippen LogP contribution is 2.30. The molecular formula is C12H15NO4. The first-order chi connectivity index (χ1) is 8.16. The third-order valence-electron chi connectivity index (χ3n) is 2.58. The van der Waals surface area contributed by atoms with Crippen LogP contribution < -0.4 is 15.2 Å². The third-order valence-corrected chi connectivity index (χ3v) is 2.58. The Bertz CT molecular complexity index is 419. The lowest BCUT2D eigenvalue weighted by atomic mass is 10.1. The number of ether oxygens (including phenoxy) is 2. The summed E-state index contributed by atoms with van der Waals surface area (Å²) in [6.45, 7) is 1.25. The van der Waals surface area contributed by atoms with Crippen molar-refractivity contribution in [3.63, 3.8) is 0 Å². The van der Waals surface area contributed by atoms with Gasteiger partial charge in [0.25, 0.3) is 0 Å². The summed E-state index contributed by atoms with van der Waals surface area (Å²) in [5, 5.41) is 8.75. The Morgan fingerprint density at radius 2 is 2.06 bits per heavy atom. The summed E-state index contributed by atoms with van der Waals surface area (Å²) < 4.78 is 11.0. The fourth-order valence-corrected chi connectivity index (χ4v) is 1.68. The fourth-order valence-electron chi connectivity index (χ4n) is 1.68. The van der Waals surface area contributed by atoms with E-state index in [2.05, 4.69) is 0 Å². The van der Waals surface area contributed by atoms with Gasteiger partial charge in [-0.05, 0) is 24.1 Å². The SMILES string of the molecule is NC(Cc1ccc2c(c1)OCCCO2)C(=O)O. The molecule has 1 heterocycles. The number of carboxylic acids is 1. The van der Waals surface area contributed by atoms with Crippen molar-refractivity contribution in [2.24, 2.45) is 5.73 Å². The zero-order chi connectivity index (χ0) is 12.3. The van der Waals surface area contributed by atoms with Crippen LogP contribution in [0.5, 0.6) is 11.5 Å². The summed E-state index contributed by atoms with van der Waals surface area (Å²) in [6.07, 6.45) is 1.13. The van der Waals surface area contributed by atoms with E-state index in [1.807, 2.05) is 6.07 Å². The van der Waals surface area contributed by atoms with Crippen molar-refractivity contribution < 1.29 is 19.4 Å². The van der Waals surface area contributed by atoms with Gasteiger partial charge in [0.05, 0.1) is 13.2 Å². The standard InChI is InChI=1S/C12H15NO4/c13-9(12(14)15)6-8-2-3-10-11(7-8)17-5-1-4-16-10/h2-3,7,9H,1,4-6,13H2,(H,14,15). The van der Waals surface area contributed by atoms with E-state index in [-0.39, 0.29) is 6.42 Å². The first-order valence-electron chi connectivity index (χ1n) is 5.54. The van der Waals surface area contributed by atoms with Crippen molar-refractivity contribution in [3.8, 4) is 11.5 Å². The van der Waals surface area contributed by atoms with Gasteiger partial charge in [0.15, 0.2) is 11.5 Å². The monoisotopic (exact) mass is 237 g/mol. The van der Waals surface area contributed by atoms with Gasteiger partial charge in [-0.15, -0.1) is 0 Å². The Morgan fingerprint density at radius 1 is 1.35 bits per heavy atom. The van der Waals surface area contributed by atoms with Gasteiger partial charge in [0, 0.05) is 6.42 Å². The van der Waals surface area contributed by atoms with E-state index in [1.54, 1.807) is 12.1 Å². The first kappa shape index (κ1) is 11.7.